The van der Waals surface area contributed by atoms with Crippen molar-refractivity contribution in [1.82, 2.24) is 9.97 Å². The van der Waals surface area contributed by atoms with Crippen molar-refractivity contribution in [3.63, 3.8) is 0 Å². The molecule has 3 aromatic rings. The van der Waals surface area contributed by atoms with E-state index in [1.165, 1.54) is 5.56 Å². The van der Waals surface area contributed by atoms with Crippen LogP contribution in [0.5, 0.6) is 0 Å². The lowest BCUT2D eigenvalue weighted by molar-refractivity contribution is 0.102. The standard InChI is InChI=1S/C19H17N3OS/c1-14-4-5-16(12-21-14)19(23)22-17-6-8-18(9-7-17)24-13-15-3-2-10-20-11-15/h2-12H,13H2,1H3,(H,22,23). The molecule has 1 N–H and O–H groups in total. The smallest absolute Gasteiger partial charge is 0.257 e. The summed E-state index contributed by atoms with van der Waals surface area (Å²) in [5.41, 5.74) is 3.40. The Hall–Kier alpha value is -2.66. The molecule has 0 fully saturated rings. The van der Waals surface area contributed by atoms with Crippen LogP contribution in [-0.4, -0.2) is 15.9 Å². The van der Waals surface area contributed by atoms with E-state index >= 15 is 0 Å². The zero-order chi connectivity index (χ0) is 16.8. The van der Waals surface area contributed by atoms with Crippen molar-refractivity contribution in [2.75, 3.05) is 5.32 Å². The van der Waals surface area contributed by atoms with Crippen molar-refractivity contribution >= 4 is 23.4 Å². The third-order valence-corrected chi connectivity index (χ3v) is 4.50. The summed E-state index contributed by atoms with van der Waals surface area (Å²) in [7, 11) is 0. The number of nitrogens with zero attached hydrogens (tertiary/aromatic N) is 2. The minimum atomic E-state index is -0.154. The van der Waals surface area contributed by atoms with Crippen molar-refractivity contribution in [2.24, 2.45) is 0 Å². The van der Waals surface area contributed by atoms with Crippen LogP contribution in [-0.2, 0) is 5.75 Å². The fraction of sp³-hybridized carbons (Fsp3) is 0.105. The molecule has 0 aliphatic rings. The molecule has 0 bridgehead atoms. The minimum absolute atomic E-state index is 0.154. The Morgan fingerprint density at radius 2 is 1.92 bits per heavy atom. The summed E-state index contributed by atoms with van der Waals surface area (Å²) < 4.78 is 0. The van der Waals surface area contributed by atoms with E-state index in [1.54, 1.807) is 30.2 Å². The number of rotatable bonds is 5. The van der Waals surface area contributed by atoms with Gasteiger partial charge in [0.1, 0.15) is 0 Å². The number of amides is 1. The zero-order valence-electron chi connectivity index (χ0n) is 13.3. The summed E-state index contributed by atoms with van der Waals surface area (Å²) in [6.07, 6.45) is 5.23. The Morgan fingerprint density at radius 1 is 1.08 bits per heavy atom. The summed E-state index contributed by atoms with van der Waals surface area (Å²) in [5.74, 6) is 0.715. The van der Waals surface area contributed by atoms with Gasteiger partial charge >= 0.3 is 0 Å². The largest absolute Gasteiger partial charge is 0.322 e. The number of thioether (sulfide) groups is 1. The van der Waals surface area contributed by atoms with Gasteiger partial charge in [0, 0.05) is 40.6 Å². The van der Waals surface area contributed by atoms with Crippen LogP contribution in [0.4, 0.5) is 5.69 Å². The number of hydrogen-bond acceptors (Lipinski definition) is 4. The lowest BCUT2D eigenvalue weighted by Crippen LogP contribution is -2.12. The first-order valence-electron chi connectivity index (χ1n) is 7.56. The lowest BCUT2D eigenvalue weighted by Gasteiger charge is -2.07. The van der Waals surface area contributed by atoms with E-state index in [0.29, 0.717) is 5.56 Å². The molecule has 0 saturated heterocycles. The maximum Gasteiger partial charge on any atom is 0.257 e. The second-order valence-electron chi connectivity index (χ2n) is 5.32. The minimum Gasteiger partial charge on any atom is -0.322 e. The third-order valence-electron chi connectivity index (χ3n) is 3.41. The quantitative estimate of drug-likeness (QED) is 0.705. The van der Waals surface area contributed by atoms with Crippen molar-refractivity contribution in [3.05, 3.63) is 83.9 Å². The molecule has 0 radical (unpaired) electrons. The predicted octanol–water partition coefficient (Wildman–Crippen LogP) is 4.33. The molecule has 0 aliphatic carbocycles. The Bertz CT molecular complexity index is 802. The fourth-order valence-electron chi connectivity index (χ4n) is 2.09. The topological polar surface area (TPSA) is 54.9 Å². The molecule has 5 heteroatoms. The molecule has 0 spiro atoms. The predicted molar refractivity (Wildman–Crippen MR) is 97.2 cm³/mol. The van der Waals surface area contributed by atoms with Crippen LogP contribution in [0.1, 0.15) is 21.6 Å². The second-order valence-corrected chi connectivity index (χ2v) is 6.37. The van der Waals surface area contributed by atoms with Gasteiger partial charge in [-0.15, -0.1) is 11.8 Å². The van der Waals surface area contributed by atoms with Crippen LogP contribution < -0.4 is 5.32 Å². The third kappa shape index (κ3) is 4.43. The fourth-order valence-corrected chi connectivity index (χ4v) is 2.92. The molecule has 0 unspecified atom stereocenters. The number of carbonyl (C=O) groups excluding carboxylic acids is 1. The summed E-state index contributed by atoms with van der Waals surface area (Å²) in [4.78, 5) is 21.6. The van der Waals surface area contributed by atoms with Gasteiger partial charge in [0.25, 0.3) is 5.91 Å². The first-order valence-corrected chi connectivity index (χ1v) is 8.55. The SMILES string of the molecule is Cc1ccc(C(=O)Nc2ccc(SCc3cccnc3)cc2)cn1. The summed E-state index contributed by atoms with van der Waals surface area (Å²) >= 11 is 1.74. The number of carbonyl (C=O) groups is 1. The van der Waals surface area contributed by atoms with Crippen molar-refractivity contribution < 1.29 is 4.79 Å². The second kappa shape index (κ2) is 7.75. The van der Waals surface area contributed by atoms with E-state index in [1.807, 2.05) is 49.5 Å². The number of pyridine rings is 2. The zero-order valence-corrected chi connectivity index (χ0v) is 14.1. The number of anilines is 1. The van der Waals surface area contributed by atoms with E-state index in [0.717, 1.165) is 22.0 Å². The molecule has 1 aromatic carbocycles. The van der Waals surface area contributed by atoms with Crippen molar-refractivity contribution in [3.8, 4) is 0 Å². The van der Waals surface area contributed by atoms with Gasteiger partial charge in [0.15, 0.2) is 0 Å². The maximum atomic E-state index is 12.2. The van der Waals surface area contributed by atoms with E-state index in [2.05, 4.69) is 21.4 Å². The highest BCUT2D eigenvalue weighted by Crippen LogP contribution is 2.24. The number of benzene rings is 1. The van der Waals surface area contributed by atoms with Gasteiger partial charge in [-0.05, 0) is 55.0 Å². The first kappa shape index (κ1) is 16.2. The van der Waals surface area contributed by atoms with Gasteiger partial charge in [-0.2, -0.15) is 0 Å². The number of aromatic nitrogens is 2. The van der Waals surface area contributed by atoms with Crippen LogP contribution >= 0.6 is 11.8 Å². The van der Waals surface area contributed by atoms with Crippen LogP contribution in [0.3, 0.4) is 0 Å². The van der Waals surface area contributed by atoms with Gasteiger partial charge in [-0.1, -0.05) is 6.07 Å². The van der Waals surface area contributed by atoms with Gasteiger partial charge in [0.05, 0.1) is 5.56 Å². The van der Waals surface area contributed by atoms with Gasteiger partial charge in [-0.25, -0.2) is 0 Å². The number of aryl methyl sites for hydroxylation is 1. The van der Waals surface area contributed by atoms with Gasteiger partial charge < -0.3 is 5.32 Å². The molecule has 4 nitrogen and oxygen atoms in total. The van der Waals surface area contributed by atoms with Crippen LogP contribution in [0, 0.1) is 6.92 Å². The molecule has 0 atom stereocenters. The van der Waals surface area contributed by atoms with Gasteiger partial charge in [-0.3, -0.25) is 14.8 Å². The lowest BCUT2D eigenvalue weighted by atomic mass is 10.2. The molecule has 120 valence electrons. The summed E-state index contributed by atoms with van der Waals surface area (Å²) in [5, 5.41) is 2.88. The molecule has 3 rings (SSSR count). The molecule has 2 heterocycles. The van der Waals surface area contributed by atoms with E-state index in [-0.39, 0.29) is 5.91 Å². The highest BCUT2D eigenvalue weighted by molar-refractivity contribution is 7.98. The summed E-state index contributed by atoms with van der Waals surface area (Å²) in [6.45, 7) is 1.89. The Balaban J connectivity index is 1.58. The van der Waals surface area contributed by atoms with E-state index in [4.69, 9.17) is 0 Å². The molecule has 1 amide bonds. The molecule has 0 aliphatic heterocycles. The molecule has 2 aromatic heterocycles. The Labute approximate surface area is 145 Å². The van der Waals surface area contributed by atoms with Crippen LogP contribution in [0.15, 0.2) is 72.0 Å². The highest BCUT2D eigenvalue weighted by atomic mass is 32.2. The number of nitrogens with one attached hydrogen (secondary N) is 1. The van der Waals surface area contributed by atoms with Gasteiger partial charge in [0.2, 0.25) is 0 Å². The molecule has 24 heavy (non-hydrogen) atoms. The van der Waals surface area contributed by atoms with Crippen LogP contribution in [0.25, 0.3) is 0 Å². The average molecular weight is 335 g/mol. The highest BCUT2D eigenvalue weighted by Gasteiger charge is 2.06. The first-order chi connectivity index (χ1) is 11.7. The van der Waals surface area contributed by atoms with Crippen molar-refractivity contribution in [1.29, 1.82) is 0 Å². The van der Waals surface area contributed by atoms with Crippen LogP contribution in [0.2, 0.25) is 0 Å². The molecular weight excluding hydrogens is 318 g/mol. The summed E-state index contributed by atoms with van der Waals surface area (Å²) in [6, 6.07) is 15.4. The number of hydrogen-bond donors (Lipinski definition) is 1. The van der Waals surface area contributed by atoms with E-state index in [9.17, 15) is 4.79 Å². The average Bonchev–Trinajstić information content (AvgIpc) is 2.62. The molecule has 0 saturated carbocycles. The van der Waals surface area contributed by atoms with Crippen molar-refractivity contribution in [2.45, 2.75) is 17.6 Å². The van der Waals surface area contributed by atoms with E-state index < -0.39 is 0 Å². The Kier molecular flexibility index (Phi) is 5.23. The normalized spacial score (nSPS) is 10.4. The monoisotopic (exact) mass is 335 g/mol. The maximum absolute atomic E-state index is 12.2. The Morgan fingerprint density at radius 3 is 2.58 bits per heavy atom. The molecular formula is C19H17N3OS.